The molecule has 1 amide bonds. The van der Waals surface area contributed by atoms with Crippen molar-refractivity contribution in [2.45, 2.75) is 19.5 Å². The summed E-state index contributed by atoms with van der Waals surface area (Å²) in [6, 6.07) is 16.0. The number of nitrogens with zero attached hydrogens (tertiary/aromatic N) is 3. The largest absolute Gasteiger partial charge is 0.328 e. The number of para-hydroxylation sites is 2. The summed E-state index contributed by atoms with van der Waals surface area (Å²) in [6.45, 7) is 2.03. The monoisotopic (exact) mass is 443 g/mol. The number of halogens is 1. The number of carbonyl (C=O) groups excluding carboxylic acids is 1. The average molecular weight is 444 g/mol. The van der Waals surface area contributed by atoms with Gasteiger partial charge in [-0.25, -0.2) is 9.07 Å². The van der Waals surface area contributed by atoms with Crippen LogP contribution in [-0.4, -0.2) is 33.7 Å². The first-order valence-electron chi connectivity index (χ1n) is 9.76. The summed E-state index contributed by atoms with van der Waals surface area (Å²) in [6.07, 6.45) is 1.79. The number of anilines is 3. The van der Waals surface area contributed by atoms with E-state index in [2.05, 4.69) is 20.6 Å². The molecule has 2 N–H and O–H groups in total. The fraction of sp³-hybridized carbons (Fsp3) is 0.286. The predicted molar refractivity (Wildman–Crippen MR) is 120 cm³/mol. The van der Waals surface area contributed by atoms with E-state index in [-0.39, 0.29) is 17.6 Å². The molecule has 2 aromatic carbocycles. The summed E-state index contributed by atoms with van der Waals surface area (Å²) >= 11 is 6.74. The highest BCUT2D eigenvalue weighted by Gasteiger charge is 2.26. The second-order valence-electron chi connectivity index (χ2n) is 7.19. The molecule has 1 atom stereocenters. The molecule has 1 fully saturated rings. The second-order valence-corrected chi connectivity index (χ2v) is 8.81. The Hall–Kier alpha value is -2.62. The molecule has 4 rings (SSSR count). The number of benzene rings is 2. The van der Waals surface area contributed by atoms with Gasteiger partial charge in [-0.1, -0.05) is 41.7 Å². The lowest BCUT2D eigenvalue weighted by molar-refractivity contribution is -0.121. The molecular weight excluding hydrogens is 421 g/mol. The molecule has 0 aliphatic carbocycles. The van der Waals surface area contributed by atoms with Crippen molar-refractivity contribution in [3.8, 4) is 0 Å². The average Bonchev–Trinajstić information content (AvgIpc) is 3.09. The quantitative estimate of drug-likeness (QED) is 0.533. The number of hydrogen-bond donors (Lipinski definition) is 2. The van der Waals surface area contributed by atoms with Crippen LogP contribution in [0.4, 0.5) is 20.9 Å². The van der Waals surface area contributed by atoms with Crippen molar-refractivity contribution in [1.82, 2.24) is 14.7 Å². The van der Waals surface area contributed by atoms with Crippen molar-refractivity contribution in [3.63, 3.8) is 0 Å². The number of likely N-dealkylation sites (tertiary alicyclic amines) is 1. The van der Waals surface area contributed by atoms with Crippen molar-refractivity contribution in [2.75, 3.05) is 23.7 Å². The van der Waals surface area contributed by atoms with Crippen molar-refractivity contribution in [2.24, 2.45) is 5.92 Å². The molecule has 1 saturated heterocycles. The van der Waals surface area contributed by atoms with Gasteiger partial charge in [-0.2, -0.15) is 0 Å². The smallest absolute Gasteiger partial charge is 0.228 e. The molecule has 0 saturated carbocycles. The highest BCUT2D eigenvalue weighted by molar-refractivity contribution is 7.73. The highest BCUT2D eigenvalue weighted by atomic mass is 32.1. The maximum absolute atomic E-state index is 13.9. The van der Waals surface area contributed by atoms with Gasteiger partial charge in [-0.15, -0.1) is 5.10 Å². The summed E-state index contributed by atoms with van der Waals surface area (Å²) in [5.41, 5.74) is 1.18. The number of carbonyl (C=O) groups is 1. The number of aromatic nitrogens is 2. The summed E-state index contributed by atoms with van der Waals surface area (Å²) in [5.74, 6) is -0.383. The van der Waals surface area contributed by atoms with Gasteiger partial charge in [0, 0.05) is 12.2 Å². The Labute approximate surface area is 183 Å². The van der Waals surface area contributed by atoms with Crippen LogP contribution in [0.15, 0.2) is 54.6 Å². The van der Waals surface area contributed by atoms with Gasteiger partial charge in [0.1, 0.15) is 5.82 Å². The number of nitrogens with one attached hydrogen (secondary N) is 2. The molecule has 3 aromatic rings. The van der Waals surface area contributed by atoms with Gasteiger partial charge < -0.3 is 10.6 Å². The first-order valence-corrected chi connectivity index (χ1v) is 11.0. The van der Waals surface area contributed by atoms with Crippen molar-refractivity contribution in [1.29, 1.82) is 0 Å². The predicted octanol–water partition coefficient (Wildman–Crippen LogP) is 4.86. The third kappa shape index (κ3) is 5.10. The van der Waals surface area contributed by atoms with Crippen LogP contribution in [0, 0.1) is 15.7 Å². The van der Waals surface area contributed by atoms with Gasteiger partial charge in [0.25, 0.3) is 0 Å². The van der Waals surface area contributed by atoms with Crippen LogP contribution in [0.2, 0.25) is 0 Å². The second kappa shape index (κ2) is 9.46. The zero-order valence-corrected chi connectivity index (χ0v) is 17.9. The third-order valence-electron chi connectivity index (χ3n) is 4.97. The molecule has 1 unspecified atom stereocenters. The van der Waals surface area contributed by atoms with E-state index in [0.717, 1.165) is 25.1 Å². The normalized spacial score (nSPS) is 16.9. The highest BCUT2D eigenvalue weighted by Crippen LogP contribution is 2.24. The number of piperidine rings is 1. The van der Waals surface area contributed by atoms with E-state index >= 15 is 0 Å². The van der Waals surface area contributed by atoms with Crippen molar-refractivity contribution < 1.29 is 9.18 Å². The van der Waals surface area contributed by atoms with Gasteiger partial charge in [0.2, 0.25) is 11.0 Å². The Morgan fingerprint density at radius 2 is 1.97 bits per heavy atom. The minimum atomic E-state index is -0.339. The van der Waals surface area contributed by atoms with E-state index in [4.69, 9.17) is 12.2 Å². The third-order valence-corrected chi connectivity index (χ3v) is 6.20. The van der Waals surface area contributed by atoms with E-state index in [1.165, 1.54) is 17.4 Å². The minimum absolute atomic E-state index is 0.0367. The van der Waals surface area contributed by atoms with Crippen molar-refractivity contribution >= 4 is 46.0 Å². The fourth-order valence-electron chi connectivity index (χ4n) is 3.48. The molecule has 0 radical (unpaired) electrons. The number of amides is 1. The van der Waals surface area contributed by atoms with Gasteiger partial charge in [-0.3, -0.25) is 9.69 Å². The molecule has 2 heterocycles. The van der Waals surface area contributed by atoms with Gasteiger partial charge in [0.15, 0.2) is 3.95 Å². The van der Waals surface area contributed by atoms with Crippen LogP contribution in [-0.2, 0) is 11.5 Å². The Kier molecular flexibility index (Phi) is 6.51. The van der Waals surface area contributed by atoms with Gasteiger partial charge in [-0.05, 0) is 55.9 Å². The molecular formula is C21H22FN5OS2. The first-order chi connectivity index (χ1) is 14.6. The molecule has 0 spiro atoms. The molecule has 30 heavy (non-hydrogen) atoms. The van der Waals surface area contributed by atoms with E-state index in [0.29, 0.717) is 28.0 Å². The molecule has 9 heteroatoms. The standard InChI is InChI=1S/C21H22FN5OS2/c22-17-10-4-5-11-18(17)24-20-25-27(21(29)30-20)14-26-12-6-7-15(13-26)19(28)23-16-8-2-1-3-9-16/h1-5,8-11,15H,6-7,12-14H2,(H,23,28)(H,24,25). The summed E-state index contributed by atoms with van der Waals surface area (Å²) in [5, 5.41) is 11.0. The van der Waals surface area contributed by atoms with Crippen LogP contribution in [0.5, 0.6) is 0 Å². The van der Waals surface area contributed by atoms with E-state index in [1.807, 2.05) is 30.3 Å². The molecule has 156 valence electrons. The van der Waals surface area contributed by atoms with Crippen LogP contribution >= 0.6 is 23.6 Å². The summed E-state index contributed by atoms with van der Waals surface area (Å²) in [7, 11) is 0. The Morgan fingerprint density at radius 1 is 1.20 bits per heavy atom. The molecule has 0 bridgehead atoms. The van der Waals surface area contributed by atoms with Crippen LogP contribution in [0.3, 0.4) is 0 Å². The lowest BCUT2D eigenvalue weighted by Crippen LogP contribution is -2.41. The Morgan fingerprint density at radius 3 is 2.77 bits per heavy atom. The lowest BCUT2D eigenvalue weighted by Gasteiger charge is -2.31. The zero-order chi connectivity index (χ0) is 20.9. The molecule has 1 aliphatic heterocycles. The van der Waals surface area contributed by atoms with E-state index in [1.54, 1.807) is 22.9 Å². The van der Waals surface area contributed by atoms with Crippen molar-refractivity contribution in [3.05, 3.63) is 64.4 Å². The molecule has 6 nitrogen and oxygen atoms in total. The maximum Gasteiger partial charge on any atom is 0.228 e. The summed E-state index contributed by atoms with van der Waals surface area (Å²) < 4.78 is 16.2. The Bertz CT molecular complexity index is 1070. The van der Waals surface area contributed by atoms with Gasteiger partial charge >= 0.3 is 0 Å². The van der Waals surface area contributed by atoms with Crippen LogP contribution in [0.25, 0.3) is 0 Å². The van der Waals surface area contributed by atoms with E-state index in [9.17, 15) is 9.18 Å². The molecule has 1 aromatic heterocycles. The van der Waals surface area contributed by atoms with Gasteiger partial charge in [0.05, 0.1) is 18.3 Å². The SMILES string of the molecule is O=C(Nc1ccccc1)C1CCCN(Cn2nc(Nc3ccccc3F)sc2=S)C1. The number of hydrogen-bond acceptors (Lipinski definition) is 6. The first kappa shape index (κ1) is 20.6. The maximum atomic E-state index is 13.9. The summed E-state index contributed by atoms with van der Waals surface area (Å²) in [4.78, 5) is 14.8. The lowest BCUT2D eigenvalue weighted by atomic mass is 9.97. The number of rotatable bonds is 6. The van der Waals surface area contributed by atoms with Crippen LogP contribution in [0.1, 0.15) is 12.8 Å². The fourth-order valence-corrected chi connectivity index (χ4v) is 4.48. The molecule has 1 aliphatic rings. The zero-order valence-electron chi connectivity index (χ0n) is 16.3. The van der Waals surface area contributed by atoms with Crippen LogP contribution < -0.4 is 10.6 Å². The minimum Gasteiger partial charge on any atom is -0.328 e. The Balaban J connectivity index is 1.38. The topological polar surface area (TPSA) is 62.2 Å². The van der Waals surface area contributed by atoms with E-state index < -0.39 is 0 Å².